The molecule has 2 aliphatic rings. The van der Waals surface area contributed by atoms with Gasteiger partial charge >= 0.3 is 15.0 Å². The van der Waals surface area contributed by atoms with E-state index in [-0.39, 0.29) is 54.1 Å². The van der Waals surface area contributed by atoms with E-state index >= 15 is 0 Å². The van der Waals surface area contributed by atoms with Gasteiger partial charge in [0.05, 0.1) is 44.7 Å². The van der Waals surface area contributed by atoms with Crippen molar-refractivity contribution in [3.8, 4) is 11.9 Å². The molecule has 57 heavy (non-hydrogen) atoms. The number of hydrogen-bond acceptors (Lipinski definition) is 17. The molecule has 4 heterocycles. The standard InChI is InChI=1S/C33H50N8O12P2SSi/c1-19(2)29(43)39-32-38-28-25(30(44)40-32)37-18-41(28)31-27(26(23(15-42)50-31)53-57(6,7)33(3,4)5)52-55(56,47-12-8-10-34)48-16-20-13-21(14-22(20)51-54(45)46)49-24-9-11-35-17-36-24/h9,11,17-23,26-27,31,42,54H,8,12-16H2,1-7H3,(H,45,46)(H2,38,39,40,43,44)/t20-,21-,22+,23-,26-,27+,31-,55?/m1/s1. The normalized spacial score (nSPS) is 25.7. The van der Waals surface area contributed by atoms with E-state index in [0.29, 0.717) is 12.3 Å². The van der Waals surface area contributed by atoms with Gasteiger partial charge in [0.25, 0.3) is 5.56 Å². The molecule has 314 valence electrons. The van der Waals surface area contributed by atoms with Crippen LogP contribution in [0.2, 0.25) is 18.1 Å². The number of H-pyrrole nitrogens is 1. The molecule has 20 nitrogen and oxygen atoms in total. The number of amides is 1. The van der Waals surface area contributed by atoms with Crippen LogP contribution in [-0.4, -0.2) is 104 Å². The van der Waals surface area contributed by atoms with Crippen molar-refractivity contribution in [3.05, 3.63) is 35.3 Å². The van der Waals surface area contributed by atoms with E-state index in [0.717, 1.165) is 0 Å². The molecule has 1 amide bonds. The van der Waals surface area contributed by atoms with Gasteiger partial charge in [-0.2, -0.15) is 10.2 Å². The van der Waals surface area contributed by atoms with Gasteiger partial charge in [-0.05, 0) is 36.4 Å². The number of nitriles is 1. The third-order valence-electron chi connectivity index (χ3n) is 10.0. The third-order valence-corrected chi connectivity index (χ3v) is 17.4. The number of anilines is 1. The van der Waals surface area contributed by atoms with Crippen molar-refractivity contribution in [1.82, 2.24) is 29.5 Å². The second-order valence-corrected chi connectivity index (χ2v) is 24.0. The average molecular weight is 873 g/mol. The summed E-state index contributed by atoms with van der Waals surface area (Å²) in [6, 6.07) is 3.60. The smallest absolute Gasteiger partial charge is 0.327 e. The summed E-state index contributed by atoms with van der Waals surface area (Å²) in [5, 5.41) is 22.4. The van der Waals surface area contributed by atoms with Crippen LogP contribution in [0.5, 0.6) is 5.88 Å². The first-order chi connectivity index (χ1) is 26.8. The first kappa shape index (κ1) is 45.1. The van der Waals surface area contributed by atoms with E-state index in [9.17, 15) is 29.4 Å². The second-order valence-electron chi connectivity index (χ2n) is 15.5. The number of ether oxygens (including phenoxy) is 2. The number of imidazole rings is 1. The van der Waals surface area contributed by atoms with E-state index < -0.39 is 84.0 Å². The SMILES string of the molecule is CC(C)C(=O)Nc1nc2c(ncn2[C@@H]2O[C@H](CO)[C@@H](O[Si](C)(C)C(C)(C)C)[C@@H]2OP(=S)(OCCC#N)OC[C@H]2C[C@@H](Oc3ccncn3)C[C@@H]2O[PH](=O)O)c(=O)[nH]1. The van der Waals surface area contributed by atoms with Gasteiger partial charge in [0.15, 0.2) is 25.7 Å². The molecule has 4 N–H and O–H groups in total. The lowest BCUT2D eigenvalue weighted by molar-refractivity contribution is -0.118. The number of aliphatic hydroxyl groups excluding tert-OH is 1. The Kier molecular flexibility index (Phi) is 15.0. The molecule has 24 heteroatoms. The molecule has 1 aliphatic heterocycles. The zero-order chi connectivity index (χ0) is 41.7. The van der Waals surface area contributed by atoms with Gasteiger partial charge in [0.2, 0.25) is 17.7 Å². The quantitative estimate of drug-likeness (QED) is 0.0800. The van der Waals surface area contributed by atoms with Gasteiger partial charge < -0.3 is 37.5 Å². The summed E-state index contributed by atoms with van der Waals surface area (Å²) in [5.41, 5.74) is -0.667. The highest BCUT2D eigenvalue weighted by atomic mass is 32.5. The lowest BCUT2D eigenvalue weighted by atomic mass is 10.1. The summed E-state index contributed by atoms with van der Waals surface area (Å²) in [7, 11) is -6.01. The van der Waals surface area contributed by atoms with Gasteiger partial charge in [-0.25, -0.2) is 15.0 Å². The molecule has 5 rings (SSSR count). The Morgan fingerprint density at radius 3 is 2.65 bits per heavy atom. The summed E-state index contributed by atoms with van der Waals surface area (Å²) < 4.78 is 57.1. The molecule has 1 saturated carbocycles. The minimum atomic E-state index is -3.90. The zero-order valence-corrected chi connectivity index (χ0v) is 36.4. The molecule has 1 saturated heterocycles. The fourth-order valence-electron chi connectivity index (χ4n) is 6.02. The molecule has 3 aromatic heterocycles. The number of nitrogens with one attached hydrogen (secondary N) is 2. The maximum absolute atomic E-state index is 13.2. The van der Waals surface area contributed by atoms with Crippen LogP contribution in [-0.2, 0) is 48.4 Å². The molecule has 0 radical (unpaired) electrons. The van der Waals surface area contributed by atoms with Gasteiger partial charge in [-0.3, -0.25) is 33.5 Å². The molecule has 0 bridgehead atoms. The Bertz CT molecular complexity index is 2030. The number of fused-ring (bicyclic) bond motifs is 1. The number of carbonyl (C=O) groups excluding carboxylic acids is 1. The topological polar surface area (TPSA) is 264 Å². The summed E-state index contributed by atoms with van der Waals surface area (Å²) in [4.78, 5) is 54.7. The summed E-state index contributed by atoms with van der Waals surface area (Å²) in [6.07, 6.45) is -0.857. The molecule has 1 aliphatic carbocycles. The summed E-state index contributed by atoms with van der Waals surface area (Å²) in [6.45, 7) is 8.83. The van der Waals surface area contributed by atoms with Crippen molar-refractivity contribution in [2.24, 2.45) is 11.8 Å². The van der Waals surface area contributed by atoms with Gasteiger partial charge in [0.1, 0.15) is 30.7 Å². The van der Waals surface area contributed by atoms with Crippen LogP contribution >= 0.6 is 15.0 Å². The zero-order valence-electron chi connectivity index (χ0n) is 32.7. The lowest BCUT2D eigenvalue weighted by Crippen LogP contribution is -2.50. The third kappa shape index (κ3) is 11.2. The Balaban J connectivity index is 1.52. The summed E-state index contributed by atoms with van der Waals surface area (Å²) in [5.74, 6) is -1.12. The maximum atomic E-state index is 13.2. The predicted octanol–water partition coefficient (Wildman–Crippen LogP) is 3.97. The van der Waals surface area contributed by atoms with Crippen molar-refractivity contribution in [3.63, 3.8) is 0 Å². The molecular formula is C33H50N8O12P2SSi. The average Bonchev–Trinajstić information content (AvgIpc) is 3.82. The maximum Gasteiger partial charge on any atom is 0.327 e. The Morgan fingerprint density at radius 2 is 2.02 bits per heavy atom. The number of aromatic amines is 1. The molecular weight excluding hydrogens is 823 g/mol. The highest BCUT2D eigenvalue weighted by Gasteiger charge is 2.54. The van der Waals surface area contributed by atoms with Crippen LogP contribution in [0.4, 0.5) is 5.95 Å². The molecule has 2 unspecified atom stereocenters. The minimum absolute atomic E-state index is 0.0283. The number of aromatic nitrogens is 6. The van der Waals surface area contributed by atoms with E-state index in [2.05, 4.69) is 30.2 Å². The number of aliphatic hydroxyl groups is 1. The van der Waals surface area contributed by atoms with E-state index in [1.165, 1.54) is 23.4 Å². The van der Waals surface area contributed by atoms with E-state index in [1.807, 2.05) is 39.9 Å². The first-order valence-electron chi connectivity index (χ1n) is 18.3. The monoisotopic (exact) mass is 872 g/mol. The molecule has 2 fully saturated rings. The van der Waals surface area contributed by atoms with Crippen LogP contribution in [0.25, 0.3) is 11.2 Å². The molecule has 3 aromatic rings. The van der Waals surface area contributed by atoms with E-state index in [4.69, 9.17) is 43.8 Å². The first-order valence-corrected chi connectivity index (χ1v) is 25.1. The molecule has 0 aromatic carbocycles. The van der Waals surface area contributed by atoms with Crippen molar-refractivity contribution in [2.75, 3.05) is 25.1 Å². The van der Waals surface area contributed by atoms with Crippen LogP contribution < -0.4 is 15.6 Å². The minimum Gasteiger partial charge on any atom is -0.474 e. The van der Waals surface area contributed by atoms with Gasteiger partial charge in [0, 0.05) is 30.5 Å². The van der Waals surface area contributed by atoms with Gasteiger partial charge in [-0.15, -0.1) is 0 Å². The fourth-order valence-corrected chi connectivity index (χ4v) is 10.0. The fraction of sp³-hybridized carbons (Fsp3) is 0.667. The van der Waals surface area contributed by atoms with Crippen LogP contribution in [0.15, 0.2) is 29.7 Å². The van der Waals surface area contributed by atoms with Crippen molar-refractivity contribution in [2.45, 2.75) is 109 Å². The van der Waals surface area contributed by atoms with E-state index in [1.54, 1.807) is 19.9 Å². The lowest BCUT2D eigenvalue weighted by Gasteiger charge is -2.41. The van der Waals surface area contributed by atoms with Crippen molar-refractivity contribution >= 4 is 58.1 Å². The van der Waals surface area contributed by atoms with Crippen LogP contribution in [0.1, 0.15) is 60.1 Å². The number of nitrogens with zero attached hydrogens (tertiary/aromatic N) is 6. The Hall–Kier alpha value is -3.03. The second kappa shape index (κ2) is 18.9. The Morgan fingerprint density at radius 1 is 1.26 bits per heavy atom. The van der Waals surface area contributed by atoms with Crippen molar-refractivity contribution < 1.29 is 51.4 Å². The van der Waals surface area contributed by atoms with Crippen molar-refractivity contribution in [1.29, 1.82) is 5.26 Å². The predicted molar refractivity (Wildman–Crippen MR) is 211 cm³/mol. The number of hydrogen-bond donors (Lipinski definition) is 4. The van der Waals surface area contributed by atoms with Gasteiger partial charge in [-0.1, -0.05) is 34.6 Å². The highest BCUT2D eigenvalue weighted by Crippen LogP contribution is 2.56. The highest BCUT2D eigenvalue weighted by molar-refractivity contribution is 8.07. The number of carbonyl (C=O) groups is 1. The molecule has 0 spiro atoms. The van der Waals surface area contributed by atoms with Crippen LogP contribution in [0, 0.1) is 23.2 Å². The number of rotatable bonds is 18. The molecule has 9 atom stereocenters. The van der Waals surface area contributed by atoms with Crippen LogP contribution in [0.3, 0.4) is 0 Å². The summed E-state index contributed by atoms with van der Waals surface area (Å²) >= 11 is 6.02. The Labute approximate surface area is 336 Å². The largest absolute Gasteiger partial charge is 0.474 e.